The van der Waals surface area contributed by atoms with E-state index in [4.69, 9.17) is 0 Å². The lowest BCUT2D eigenvalue weighted by molar-refractivity contribution is -0.385. The highest BCUT2D eigenvalue weighted by molar-refractivity contribution is 9.09. The molecule has 0 fully saturated rings. The van der Waals surface area contributed by atoms with Gasteiger partial charge in [-0.3, -0.25) is 15.1 Å². The molecule has 1 aromatic heterocycles. The minimum absolute atomic E-state index is 0.0145. The molecule has 0 atom stereocenters. The first kappa shape index (κ1) is 11.7. The summed E-state index contributed by atoms with van der Waals surface area (Å²) in [7, 11) is 0. The molecule has 0 N–H and O–H groups in total. The van der Waals surface area contributed by atoms with Crippen LogP contribution in [0, 0.1) is 28.9 Å². The minimum Gasteiger partial charge on any atom is -0.258 e. The monoisotopic (exact) mass is 268 g/mol. The van der Waals surface area contributed by atoms with E-state index in [1.165, 1.54) is 6.07 Å². The number of aromatic nitrogens is 1. The maximum atomic E-state index is 10.6. The van der Waals surface area contributed by atoms with E-state index in [0.29, 0.717) is 17.7 Å². The van der Waals surface area contributed by atoms with Gasteiger partial charge in [-0.15, -0.1) is 0 Å². The Bertz CT molecular complexity index is 435. The molecule has 1 aromatic rings. The van der Waals surface area contributed by atoms with Crippen molar-refractivity contribution in [2.45, 2.75) is 13.3 Å². The molecule has 0 spiro atoms. The first-order chi connectivity index (χ1) is 7.15. The van der Waals surface area contributed by atoms with E-state index in [1.807, 2.05) is 0 Å². The summed E-state index contributed by atoms with van der Waals surface area (Å²) in [6.45, 7) is 1.60. The van der Waals surface area contributed by atoms with Crippen LogP contribution in [0.4, 0.5) is 5.69 Å². The summed E-state index contributed by atoms with van der Waals surface area (Å²) in [5.74, 6) is 5.70. The molecule has 0 aromatic carbocycles. The standard InChI is InChI=1S/C10H9BrN2O2/c1-8-10(13(14)15)6-9(7-12-8)4-2-3-5-11/h6-7H,3,5H2,1H3. The summed E-state index contributed by atoms with van der Waals surface area (Å²) < 4.78 is 0. The minimum atomic E-state index is -0.446. The first-order valence-corrected chi connectivity index (χ1v) is 5.43. The van der Waals surface area contributed by atoms with Crippen LogP contribution in [0.2, 0.25) is 0 Å². The fraction of sp³-hybridized carbons (Fsp3) is 0.300. The van der Waals surface area contributed by atoms with Crippen LogP contribution in [0.1, 0.15) is 17.7 Å². The highest BCUT2D eigenvalue weighted by Gasteiger charge is 2.11. The zero-order valence-electron chi connectivity index (χ0n) is 8.16. The van der Waals surface area contributed by atoms with E-state index < -0.39 is 4.92 Å². The first-order valence-electron chi connectivity index (χ1n) is 4.31. The van der Waals surface area contributed by atoms with Gasteiger partial charge in [-0.1, -0.05) is 27.8 Å². The molecule has 0 radical (unpaired) electrons. The quantitative estimate of drug-likeness (QED) is 0.358. The Balaban J connectivity index is 2.99. The lowest BCUT2D eigenvalue weighted by Gasteiger charge is -1.95. The molecule has 0 aliphatic rings. The molecule has 1 heterocycles. The Morgan fingerprint density at radius 1 is 1.67 bits per heavy atom. The van der Waals surface area contributed by atoms with E-state index in [1.54, 1.807) is 13.1 Å². The Labute approximate surface area is 96.0 Å². The average Bonchev–Trinajstić information content (AvgIpc) is 2.20. The molecule has 0 saturated carbocycles. The van der Waals surface area contributed by atoms with Crippen molar-refractivity contribution in [2.24, 2.45) is 0 Å². The molecule has 0 saturated heterocycles. The molecule has 0 amide bonds. The van der Waals surface area contributed by atoms with E-state index in [2.05, 4.69) is 32.8 Å². The number of aryl methyl sites for hydroxylation is 1. The summed E-state index contributed by atoms with van der Waals surface area (Å²) in [4.78, 5) is 14.1. The summed E-state index contributed by atoms with van der Waals surface area (Å²) >= 11 is 3.25. The average molecular weight is 269 g/mol. The van der Waals surface area contributed by atoms with Gasteiger partial charge in [0.15, 0.2) is 0 Å². The van der Waals surface area contributed by atoms with Crippen LogP contribution in [-0.4, -0.2) is 15.2 Å². The van der Waals surface area contributed by atoms with Crippen LogP contribution in [0.25, 0.3) is 0 Å². The van der Waals surface area contributed by atoms with Crippen molar-refractivity contribution in [2.75, 3.05) is 5.33 Å². The summed E-state index contributed by atoms with van der Waals surface area (Å²) in [6, 6.07) is 1.45. The third-order valence-electron chi connectivity index (χ3n) is 1.71. The van der Waals surface area contributed by atoms with Crippen LogP contribution in [0.5, 0.6) is 0 Å². The molecule has 78 valence electrons. The topological polar surface area (TPSA) is 56.0 Å². The van der Waals surface area contributed by atoms with Gasteiger partial charge in [0.05, 0.1) is 4.92 Å². The number of halogens is 1. The normalized spacial score (nSPS) is 9.20. The molecule has 15 heavy (non-hydrogen) atoms. The number of hydrogen-bond acceptors (Lipinski definition) is 3. The number of alkyl halides is 1. The van der Waals surface area contributed by atoms with Crippen molar-refractivity contribution in [1.82, 2.24) is 4.98 Å². The molecule has 0 unspecified atom stereocenters. The molecular formula is C10H9BrN2O2. The van der Waals surface area contributed by atoms with Crippen molar-refractivity contribution in [1.29, 1.82) is 0 Å². The van der Waals surface area contributed by atoms with E-state index in [9.17, 15) is 10.1 Å². The lowest BCUT2D eigenvalue weighted by atomic mass is 10.2. The zero-order chi connectivity index (χ0) is 11.3. The Morgan fingerprint density at radius 2 is 2.40 bits per heavy atom. The Morgan fingerprint density at radius 3 is 3.00 bits per heavy atom. The molecule has 5 heteroatoms. The predicted octanol–water partition coefficient (Wildman–Crippen LogP) is 2.43. The van der Waals surface area contributed by atoms with Gasteiger partial charge in [0.2, 0.25) is 0 Å². The van der Waals surface area contributed by atoms with Crippen molar-refractivity contribution in [3.8, 4) is 11.8 Å². The number of pyridine rings is 1. The SMILES string of the molecule is Cc1ncc(C#CCCBr)cc1[N+](=O)[O-]. The number of nitro groups is 1. The molecule has 0 aliphatic carbocycles. The van der Waals surface area contributed by atoms with Crippen LogP contribution >= 0.6 is 15.9 Å². The van der Waals surface area contributed by atoms with E-state index >= 15 is 0 Å². The van der Waals surface area contributed by atoms with Gasteiger partial charge < -0.3 is 0 Å². The van der Waals surface area contributed by atoms with Gasteiger partial charge in [0.25, 0.3) is 5.69 Å². The molecular weight excluding hydrogens is 260 g/mol. The van der Waals surface area contributed by atoms with Crippen LogP contribution in [0.15, 0.2) is 12.3 Å². The van der Waals surface area contributed by atoms with Gasteiger partial charge in [0.1, 0.15) is 5.69 Å². The van der Waals surface area contributed by atoms with Gasteiger partial charge in [0, 0.05) is 29.6 Å². The molecule has 0 aliphatic heterocycles. The lowest BCUT2D eigenvalue weighted by Crippen LogP contribution is -1.94. The smallest absolute Gasteiger partial charge is 0.258 e. The van der Waals surface area contributed by atoms with Crippen molar-refractivity contribution in [3.63, 3.8) is 0 Å². The van der Waals surface area contributed by atoms with Gasteiger partial charge in [-0.05, 0) is 6.92 Å². The highest BCUT2D eigenvalue weighted by atomic mass is 79.9. The second-order valence-corrected chi connectivity index (χ2v) is 3.62. The Hall–Kier alpha value is -1.41. The largest absolute Gasteiger partial charge is 0.291 e. The van der Waals surface area contributed by atoms with Gasteiger partial charge in [-0.2, -0.15) is 0 Å². The molecule has 1 rings (SSSR count). The maximum absolute atomic E-state index is 10.6. The van der Waals surface area contributed by atoms with Crippen LogP contribution < -0.4 is 0 Å². The second kappa shape index (κ2) is 5.47. The third-order valence-corrected chi connectivity index (χ3v) is 2.11. The van der Waals surface area contributed by atoms with Crippen molar-refractivity contribution < 1.29 is 4.92 Å². The highest BCUT2D eigenvalue weighted by Crippen LogP contribution is 2.15. The third kappa shape index (κ3) is 3.33. The fourth-order valence-corrected chi connectivity index (χ4v) is 1.18. The number of nitrogens with zero attached hydrogens (tertiary/aromatic N) is 2. The number of hydrogen-bond donors (Lipinski definition) is 0. The second-order valence-electron chi connectivity index (χ2n) is 2.83. The summed E-state index contributed by atoms with van der Waals surface area (Å²) in [5.41, 5.74) is 1.000. The molecule has 0 bridgehead atoms. The Kier molecular flexibility index (Phi) is 4.25. The van der Waals surface area contributed by atoms with Gasteiger partial charge in [-0.25, -0.2) is 0 Å². The van der Waals surface area contributed by atoms with Crippen molar-refractivity contribution >= 4 is 21.6 Å². The fourth-order valence-electron chi connectivity index (χ4n) is 0.986. The maximum Gasteiger partial charge on any atom is 0.291 e. The molecule has 4 nitrogen and oxygen atoms in total. The van der Waals surface area contributed by atoms with Crippen molar-refractivity contribution in [3.05, 3.63) is 33.6 Å². The van der Waals surface area contributed by atoms with Crippen LogP contribution in [0.3, 0.4) is 0 Å². The number of rotatable bonds is 2. The summed E-state index contributed by atoms with van der Waals surface area (Å²) in [6.07, 6.45) is 2.26. The van der Waals surface area contributed by atoms with Crippen LogP contribution in [-0.2, 0) is 0 Å². The van der Waals surface area contributed by atoms with E-state index in [0.717, 1.165) is 5.33 Å². The van der Waals surface area contributed by atoms with E-state index in [-0.39, 0.29) is 5.69 Å². The van der Waals surface area contributed by atoms with Gasteiger partial charge >= 0.3 is 0 Å². The summed E-state index contributed by atoms with van der Waals surface area (Å²) in [5, 5.41) is 11.4. The predicted molar refractivity (Wildman–Crippen MR) is 60.9 cm³/mol. The zero-order valence-corrected chi connectivity index (χ0v) is 9.74.